The second kappa shape index (κ2) is 4.33. The summed E-state index contributed by atoms with van der Waals surface area (Å²) in [5.41, 5.74) is 9.07. The van der Waals surface area contributed by atoms with Crippen molar-refractivity contribution in [2.24, 2.45) is 5.11 Å². The van der Waals surface area contributed by atoms with Crippen molar-refractivity contribution in [3.8, 4) is 0 Å². The Morgan fingerprint density at radius 3 is 3.15 bits per heavy atom. The summed E-state index contributed by atoms with van der Waals surface area (Å²) in [6.45, 7) is 5.38. The Kier molecular flexibility index (Phi) is 3.11. The molecule has 5 nitrogen and oxygen atoms in total. The highest BCUT2D eigenvalue weighted by molar-refractivity contribution is 5.09. The molecule has 0 spiro atoms. The quantitative estimate of drug-likeness (QED) is 0.307. The van der Waals surface area contributed by atoms with Crippen LogP contribution in [0.3, 0.4) is 0 Å². The van der Waals surface area contributed by atoms with E-state index in [9.17, 15) is 0 Å². The van der Waals surface area contributed by atoms with Crippen LogP contribution in [0.2, 0.25) is 0 Å². The maximum absolute atomic E-state index is 8.29. The van der Waals surface area contributed by atoms with Gasteiger partial charge < -0.3 is 4.52 Å². The van der Waals surface area contributed by atoms with Gasteiger partial charge in [-0.25, -0.2) is 0 Å². The Labute approximate surface area is 75.7 Å². The summed E-state index contributed by atoms with van der Waals surface area (Å²) < 4.78 is 4.97. The van der Waals surface area contributed by atoms with Gasteiger partial charge in [0.2, 0.25) is 0 Å². The highest BCUT2D eigenvalue weighted by Crippen LogP contribution is 2.22. The SMILES string of the molecule is C=CC[C@@H](N=[N+]=[N-])c1cc(C)no1. The predicted molar refractivity (Wildman–Crippen MR) is 47.9 cm³/mol. The number of hydrogen-bond acceptors (Lipinski definition) is 3. The topological polar surface area (TPSA) is 74.8 Å². The molecule has 5 heteroatoms. The van der Waals surface area contributed by atoms with Crippen molar-refractivity contribution in [2.45, 2.75) is 19.4 Å². The smallest absolute Gasteiger partial charge is 0.146 e. The van der Waals surface area contributed by atoms with Crippen LogP contribution in [-0.4, -0.2) is 5.16 Å². The standard InChI is InChI=1S/C8H10N4O/c1-3-4-7(10-12-9)8-5-6(2)11-13-8/h3,5,7H,1,4H2,2H3/t7-/m1/s1. The average molecular weight is 178 g/mol. The van der Waals surface area contributed by atoms with Gasteiger partial charge in [-0.1, -0.05) is 16.3 Å². The number of aromatic nitrogens is 1. The van der Waals surface area contributed by atoms with Crippen molar-refractivity contribution in [3.05, 3.63) is 40.6 Å². The van der Waals surface area contributed by atoms with E-state index in [-0.39, 0.29) is 6.04 Å². The van der Waals surface area contributed by atoms with Gasteiger partial charge in [-0.3, -0.25) is 0 Å². The molecule has 0 aliphatic rings. The molecule has 0 amide bonds. The minimum Gasteiger partial charge on any atom is -0.361 e. The third kappa shape index (κ3) is 2.35. The van der Waals surface area contributed by atoms with Crippen LogP contribution < -0.4 is 0 Å². The van der Waals surface area contributed by atoms with Gasteiger partial charge in [0.25, 0.3) is 0 Å². The first kappa shape index (κ1) is 9.35. The van der Waals surface area contributed by atoms with Crippen LogP contribution in [0.15, 0.2) is 28.4 Å². The van der Waals surface area contributed by atoms with Crippen LogP contribution in [0.1, 0.15) is 23.9 Å². The van der Waals surface area contributed by atoms with Crippen LogP contribution >= 0.6 is 0 Å². The van der Waals surface area contributed by atoms with E-state index in [2.05, 4.69) is 21.8 Å². The van der Waals surface area contributed by atoms with E-state index < -0.39 is 0 Å². The van der Waals surface area contributed by atoms with Crippen molar-refractivity contribution >= 4 is 0 Å². The molecule has 0 saturated carbocycles. The lowest BCUT2D eigenvalue weighted by Crippen LogP contribution is -1.89. The van der Waals surface area contributed by atoms with Gasteiger partial charge in [0.05, 0.1) is 5.69 Å². The van der Waals surface area contributed by atoms with Gasteiger partial charge in [0.15, 0.2) is 0 Å². The molecular formula is C8H10N4O. The van der Waals surface area contributed by atoms with E-state index in [1.54, 1.807) is 12.1 Å². The number of rotatable bonds is 4. The van der Waals surface area contributed by atoms with Crippen LogP contribution in [0, 0.1) is 6.92 Å². The summed E-state index contributed by atoms with van der Waals surface area (Å²) in [6.07, 6.45) is 2.23. The first-order valence-electron chi connectivity index (χ1n) is 3.86. The minimum atomic E-state index is -0.330. The maximum atomic E-state index is 8.29. The predicted octanol–water partition coefficient (Wildman–Crippen LogP) is 2.91. The van der Waals surface area contributed by atoms with E-state index in [4.69, 9.17) is 10.1 Å². The lowest BCUT2D eigenvalue weighted by atomic mass is 10.1. The molecule has 0 bridgehead atoms. The monoisotopic (exact) mass is 178 g/mol. The Balaban J connectivity index is 2.86. The number of aryl methyl sites for hydroxylation is 1. The van der Waals surface area contributed by atoms with Gasteiger partial charge in [-0.15, -0.1) is 6.58 Å². The fourth-order valence-electron chi connectivity index (χ4n) is 0.981. The Morgan fingerprint density at radius 1 is 1.92 bits per heavy atom. The lowest BCUT2D eigenvalue weighted by Gasteiger charge is -2.01. The molecule has 13 heavy (non-hydrogen) atoms. The normalized spacial score (nSPS) is 11.8. The van der Waals surface area contributed by atoms with E-state index >= 15 is 0 Å². The molecule has 0 aromatic carbocycles. The van der Waals surface area contributed by atoms with Gasteiger partial charge in [0.1, 0.15) is 11.8 Å². The lowest BCUT2D eigenvalue weighted by molar-refractivity contribution is 0.359. The summed E-state index contributed by atoms with van der Waals surface area (Å²) >= 11 is 0. The molecule has 1 rings (SSSR count). The molecule has 0 aliphatic carbocycles. The molecule has 68 valence electrons. The fourth-order valence-corrected chi connectivity index (χ4v) is 0.981. The summed E-state index contributed by atoms with van der Waals surface area (Å²) in [7, 11) is 0. The largest absolute Gasteiger partial charge is 0.361 e. The molecule has 1 atom stereocenters. The molecule has 1 aromatic rings. The third-order valence-electron chi connectivity index (χ3n) is 1.56. The Hall–Kier alpha value is -1.74. The fraction of sp³-hybridized carbons (Fsp3) is 0.375. The van der Waals surface area contributed by atoms with Gasteiger partial charge in [-0.05, 0) is 18.9 Å². The second-order valence-corrected chi connectivity index (χ2v) is 2.62. The summed E-state index contributed by atoms with van der Waals surface area (Å²) in [6, 6.07) is 1.42. The number of hydrogen-bond donors (Lipinski definition) is 0. The van der Waals surface area contributed by atoms with Crippen LogP contribution in [-0.2, 0) is 0 Å². The van der Waals surface area contributed by atoms with Crippen LogP contribution in [0.25, 0.3) is 10.4 Å². The van der Waals surface area contributed by atoms with Crippen molar-refractivity contribution in [3.63, 3.8) is 0 Å². The van der Waals surface area contributed by atoms with Crippen molar-refractivity contribution in [1.82, 2.24) is 5.16 Å². The van der Waals surface area contributed by atoms with Crippen molar-refractivity contribution in [1.29, 1.82) is 0 Å². The number of nitrogens with zero attached hydrogens (tertiary/aromatic N) is 4. The zero-order valence-electron chi connectivity index (χ0n) is 7.34. The molecule has 1 heterocycles. The zero-order chi connectivity index (χ0) is 9.68. The van der Waals surface area contributed by atoms with Crippen LogP contribution in [0.4, 0.5) is 0 Å². The van der Waals surface area contributed by atoms with Crippen molar-refractivity contribution < 1.29 is 4.52 Å². The second-order valence-electron chi connectivity index (χ2n) is 2.62. The van der Waals surface area contributed by atoms with E-state index in [0.717, 1.165) is 5.69 Å². The minimum absolute atomic E-state index is 0.330. The van der Waals surface area contributed by atoms with Crippen LogP contribution in [0.5, 0.6) is 0 Å². The maximum Gasteiger partial charge on any atom is 0.146 e. The molecule has 0 fully saturated rings. The molecule has 0 aliphatic heterocycles. The summed E-state index contributed by atoms with van der Waals surface area (Å²) in [5, 5.41) is 7.28. The van der Waals surface area contributed by atoms with Gasteiger partial charge in [-0.2, -0.15) is 0 Å². The molecular weight excluding hydrogens is 168 g/mol. The average Bonchev–Trinajstić information content (AvgIpc) is 2.51. The first-order valence-corrected chi connectivity index (χ1v) is 3.86. The molecule has 1 aromatic heterocycles. The molecule has 0 N–H and O–H groups in total. The molecule has 0 radical (unpaired) electrons. The van der Waals surface area contributed by atoms with Gasteiger partial charge >= 0.3 is 0 Å². The Bertz CT molecular complexity index is 338. The van der Waals surface area contributed by atoms with Crippen molar-refractivity contribution in [2.75, 3.05) is 0 Å². The third-order valence-corrected chi connectivity index (χ3v) is 1.56. The summed E-state index contributed by atoms with van der Waals surface area (Å²) in [4.78, 5) is 2.73. The highest BCUT2D eigenvalue weighted by atomic mass is 16.5. The zero-order valence-corrected chi connectivity index (χ0v) is 7.34. The van der Waals surface area contributed by atoms with E-state index in [1.807, 2.05) is 6.92 Å². The van der Waals surface area contributed by atoms with E-state index in [1.165, 1.54) is 0 Å². The Morgan fingerprint density at radius 2 is 2.69 bits per heavy atom. The van der Waals surface area contributed by atoms with Gasteiger partial charge in [0, 0.05) is 11.0 Å². The number of azide groups is 1. The highest BCUT2D eigenvalue weighted by Gasteiger charge is 2.12. The molecule has 0 saturated heterocycles. The van der Waals surface area contributed by atoms with E-state index in [0.29, 0.717) is 12.2 Å². The first-order chi connectivity index (χ1) is 6.27. The summed E-state index contributed by atoms with van der Waals surface area (Å²) in [5.74, 6) is 0.579. The molecule has 0 unspecified atom stereocenters.